The Balaban J connectivity index is 2.08. The largest absolute Gasteiger partial charge is 0.327 e. The fourth-order valence-corrected chi connectivity index (χ4v) is 2.81. The summed E-state index contributed by atoms with van der Waals surface area (Å²) in [5.41, 5.74) is 1.38. The molecule has 1 aliphatic rings. The summed E-state index contributed by atoms with van der Waals surface area (Å²) in [4.78, 5) is 24.4. The van der Waals surface area contributed by atoms with E-state index >= 15 is 0 Å². The molecule has 2 amide bonds. The number of para-hydroxylation sites is 1. The first-order valence-corrected chi connectivity index (χ1v) is 7.67. The molecule has 0 aromatic heterocycles. The highest BCUT2D eigenvalue weighted by atomic mass is 35.5. The summed E-state index contributed by atoms with van der Waals surface area (Å²) in [6, 6.07) is 9.22. The van der Waals surface area contributed by atoms with E-state index in [1.54, 1.807) is 6.92 Å². The number of thioether (sulfide) groups is 1. The predicted molar refractivity (Wildman–Crippen MR) is 82.6 cm³/mol. The van der Waals surface area contributed by atoms with Crippen LogP contribution < -0.4 is 10.6 Å². The van der Waals surface area contributed by atoms with Crippen molar-refractivity contribution < 1.29 is 9.59 Å². The highest BCUT2D eigenvalue weighted by molar-refractivity contribution is 8.04. The van der Waals surface area contributed by atoms with Crippen LogP contribution >= 0.6 is 23.4 Å². The maximum Gasteiger partial charge on any atom is 0.263 e. The first kappa shape index (κ1) is 14.9. The van der Waals surface area contributed by atoms with Gasteiger partial charge in [-0.05, 0) is 25.5 Å². The molecule has 4 nitrogen and oxygen atoms in total. The fraction of sp³-hybridized carbons (Fsp3) is 0.286. The molecule has 1 aromatic rings. The Hall–Kier alpha value is -1.46. The van der Waals surface area contributed by atoms with Gasteiger partial charge in [0, 0.05) is 17.1 Å². The molecule has 1 aromatic carbocycles. The molecule has 20 heavy (non-hydrogen) atoms. The second kappa shape index (κ2) is 6.81. The van der Waals surface area contributed by atoms with Gasteiger partial charge in [-0.2, -0.15) is 0 Å². The van der Waals surface area contributed by atoms with E-state index in [1.807, 2.05) is 30.3 Å². The number of halogens is 1. The van der Waals surface area contributed by atoms with Crippen molar-refractivity contribution in [2.75, 3.05) is 11.1 Å². The van der Waals surface area contributed by atoms with Gasteiger partial charge >= 0.3 is 0 Å². The molecule has 0 saturated heterocycles. The molecule has 2 N–H and O–H groups in total. The molecular formula is C14H15ClN2O2S. The zero-order valence-electron chi connectivity index (χ0n) is 11.0. The zero-order chi connectivity index (χ0) is 14.5. The Labute approximate surface area is 127 Å². The van der Waals surface area contributed by atoms with Crippen molar-refractivity contribution in [3.63, 3.8) is 0 Å². The fourth-order valence-electron chi connectivity index (χ4n) is 1.74. The van der Waals surface area contributed by atoms with Crippen molar-refractivity contribution in [1.29, 1.82) is 0 Å². The molecule has 0 fully saturated rings. The SMILES string of the molecule is CC(Cl)C(=O)NC1=C(C(=O)Nc2ccccc2)SCC1. The number of hydrogen-bond acceptors (Lipinski definition) is 3. The van der Waals surface area contributed by atoms with E-state index in [2.05, 4.69) is 10.6 Å². The third-order valence-corrected chi connectivity index (χ3v) is 4.07. The minimum atomic E-state index is -0.619. The average molecular weight is 311 g/mol. The highest BCUT2D eigenvalue weighted by Gasteiger charge is 2.24. The van der Waals surface area contributed by atoms with Crippen LogP contribution in [0.1, 0.15) is 13.3 Å². The number of nitrogens with one attached hydrogen (secondary N) is 2. The van der Waals surface area contributed by atoms with E-state index in [0.717, 1.165) is 11.4 Å². The van der Waals surface area contributed by atoms with E-state index < -0.39 is 5.38 Å². The first-order chi connectivity index (χ1) is 9.58. The van der Waals surface area contributed by atoms with Crippen LogP contribution in [0.3, 0.4) is 0 Å². The highest BCUT2D eigenvalue weighted by Crippen LogP contribution is 2.31. The lowest BCUT2D eigenvalue weighted by Gasteiger charge is -2.10. The molecule has 0 spiro atoms. The molecule has 106 valence electrons. The minimum Gasteiger partial charge on any atom is -0.327 e. The van der Waals surface area contributed by atoms with Crippen molar-refractivity contribution in [1.82, 2.24) is 5.32 Å². The standard InChI is InChI=1S/C14H15ClN2O2S/c1-9(15)13(18)17-11-7-8-20-12(11)14(19)16-10-5-3-2-4-6-10/h2-6,9H,7-8H2,1H3,(H,16,19)(H,17,18). The molecule has 0 radical (unpaired) electrons. The van der Waals surface area contributed by atoms with E-state index in [0.29, 0.717) is 17.0 Å². The summed E-state index contributed by atoms with van der Waals surface area (Å²) in [6.07, 6.45) is 0.664. The lowest BCUT2D eigenvalue weighted by atomic mass is 10.2. The van der Waals surface area contributed by atoms with E-state index in [4.69, 9.17) is 11.6 Å². The number of carbonyl (C=O) groups is 2. The average Bonchev–Trinajstić information content (AvgIpc) is 2.88. The van der Waals surface area contributed by atoms with E-state index in [9.17, 15) is 9.59 Å². The molecule has 1 atom stereocenters. The molecule has 1 aliphatic heterocycles. The maximum absolute atomic E-state index is 12.2. The van der Waals surface area contributed by atoms with Gasteiger partial charge in [-0.1, -0.05) is 18.2 Å². The molecule has 0 bridgehead atoms. The lowest BCUT2D eigenvalue weighted by Crippen LogP contribution is -2.30. The van der Waals surface area contributed by atoms with Crippen molar-refractivity contribution in [3.05, 3.63) is 40.9 Å². The topological polar surface area (TPSA) is 58.2 Å². The number of rotatable bonds is 4. The predicted octanol–water partition coefficient (Wildman–Crippen LogP) is 2.72. The van der Waals surface area contributed by atoms with E-state index in [-0.39, 0.29) is 11.8 Å². The quantitative estimate of drug-likeness (QED) is 0.841. The van der Waals surface area contributed by atoms with Crippen molar-refractivity contribution in [2.45, 2.75) is 18.7 Å². The molecule has 1 unspecified atom stereocenters. The van der Waals surface area contributed by atoms with E-state index in [1.165, 1.54) is 11.8 Å². The minimum absolute atomic E-state index is 0.198. The summed E-state index contributed by atoms with van der Waals surface area (Å²) >= 11 is 7.16. The van der Waals surface area contributed by atoms with Gasteiger partial charge in [0.1, 0.15) is 5.38 Å². The van der Waals surface area contributed by atoms with Crippen LogP contribution in [-0.4, -0.2) is 22.9 Å². The number of allylic oxidation sites excluding steroid dienone is 1. The Morgan fingerprint density at radius 1 is 1.25 bits per heavy atom. The van der Waals surface area contributed by atoms with Gasteiger partial charge in [0.05, 0.1) is 4.91 Å². The molecule has 2 rings (SSSR count). The second-order valence-electron chi connectivity index (χ2n) is 4.33. The Bertz CT molecular complexity index is 543. The van der Waals surface area contributed by atoms with Gasteiger partial charge in [-0.25, -0.2) is 0 Å². The number of amides is 2. The van der Waals surface area contributed by atoms with Crippen LogP contribution in [0.2, 0.25) is 0 Å². The van der Waals surface area contributed by atoms with Crippen molar-refractivity contribution >= 4 is 40.9 Å². The Kier molecular flexibility index (Phi) is 5.09. The number of hydrogen-bond donors (Lipinski definition) is 2. The van der Waals surface area contributed by atoms with Crippen LogP contribution in [0.5, 0.6) is 0 Å². The van der Waals surface area contributed by atoms with Gasteiger partial charge in [0.15, 0.2) is 0 Å². The van der Waals surface area contributed by atoms with Crippen LogP contribution in [0, 0.1) is 0 Å². The third kappa shape index (κ3) is 3.77. The van der Waals surface area contributed by atoms with Crippen LogP contribution in [0.15, 0.2) is 40.9 Å². The van der Waals surface area contributed by atoms with Gasteiger partial charge in [0.25, 0.3) is 5.91 Å². The Morgan fingerprint density at radius 3 is 2.60 bits per heavy atom. The second-order valence-corrected chi connectivity index (χ2v) is 6.09. The normalized spacial score (nSPS) is 15.9. The van der Waals surface area contributed by atoms with Crippen LogP contribution in [0.4, 0.5) is 5.69 Å². The van der Waals surface area contributed by atoms with Crippen LogP contribution in [0.25, 0.3) is 0 Å². The maximum atomic E-state index is 12.2. The summed E-state index contributed by atoms with van der Waals surface area (Å²) < 4.78 is 0. The van der Waals surface area contributed by atoms with Crippen molar-refractivity contribution in [2.24, 2.45) is 0 Å². The smallest absolute Gasteiger partial charge is 0.263 e. The summed E-state index contributed by atoms with van der Waals surface area (Å²) in [6.45, 7) is 1.60. The van der Waals surface area contributed by atoms with Crippen LogP contribution in [-0.2, 0) is 9.59 Å². The van der Waals surface area contributed by atoms with Gasteiger partial charge in [0.2, 0.25) is 5.91 Å². The monoisotopic (exact) mass is 310 g/mol. The molecule has 6 heteroatoms. The van der Waals surface area contributed by atoms with Gasteiger partial charge in [-0.15, -0.1) is 23.4 Å². The molecular weight excluding hydrogens is 296 g/mol. The lowest BCUT2D eigenvalue weighted by molar-refractivity contribution is -0.119. The number of anilines is 1. The number of carbonyl (C=O) groups excluding carboxylic acids is 2. The summed E-state index contributed by atoms with van der Waals surface area (Å²) in [5, 5.41) is 4.92. The number of alkyl halides is 1. The van der Waals surface area contributed by atoms with Gasteiger partial charge in [-0.3, -0.25) is 9.59 Å². The summed E-state index contributed by atoms with van der Waals surface area (Å²) in [5.74, 6) is 0.300. The van der Waals surface area contributed by atoms with Crippen molar-refractivity contribution in [3.8, 4) is 0 Å². The molecule has 1 heterocycles. The third-order valence-electron chi connectivity index (χ3n) is 2.75. The molecule has 0 aliphatic carbocycles. The Morgan fingerprint density at radius 2 is 1.95 bits per heavy atom. The van der Waals surface area contributed by atoms with Gasteiger partial charge < -0.3 is 10.6 Å². The molecule has 0 saturated carbocycles. The zero-order valence-corrected chi connectivity index (χ0v) is 12.6. The summed E-state index contributed by atoms with van der Waals surface area (Å²) in [7, 11) is 0. The number of benzene rings is 1. The first-order valence-electron chi connectivity index (χ1n) is 6.25.